The minimum atomic E-state index is -0.368. The fourth-order valence-electron chi connectivity index (χ4n) is 1.55. The molecule has 1 rings (SSSR count). The Bertz CT molecular complexity index is 174. The summed E-state index contributed by atoms with van der Waals surface area (Å²) in [4.78, 5) is 13.1. The molecule has 1 amide bonds. The van der Waals surface area contributed by atoms with Gasteiger partial charge < -0.3 is 19.8 Å². The van der Waals surface area contributed by atoms with Crippen LogP contribution in [-0.4, -0.2) is 60.0 Å². The molecule has 1 aliphatic heterocycles. The molecule has 82 valence electrons. The standard InChI is InChI=1S/C9H17NO4/c11-5-3-10(4-6-12)9(13)8-2-1-7-14-8/h8,11-12H,1-7H2/t8-/m1/s1. The summed E-state index contributed by atoms with van der Waals surface area (Å²) in [7, 11) is 0. The Labute approximate surface area is 83.3 Å². The minimum Gasteiger partial charge on any atom is -0.395 e. The molecular weight excluding hydrogens is 186 g/mol. The molecular formula is C9H17NO4. The molecule has 5 heteroatoms. The SMILES string of the molecule is O=C([C@H]1CCCO1)N(CCO)CCO. The van der Waals surface area contributed by atoms with Crippen LogP contribution in [0.3, 0.4) is 0 Å². The van der Waals surface area contributed by atoms with Gasteiger partial charge in [-0.2, -0.15) is 0 Å². The normalized spacial score (nSPS) is 21.1. The van der Waals surface area contributed by atoms with Crippen LogP contribution in [0.1, 0.15) is 12.8 Å². The third kappa shape index (κ3) is 2.94. The molecule has 0 unspecified atom stereocenters. The molecule has 0 aliphatic carbocycles. The van der Waals surface area contributed by atoms with E-state index in [1.54, 1.807) is 0 Å². The van der Waals surface area contributed by atoms with Gasteiger partial charge in [0.2, 0.25) is 0 Å². The molecule has 1 heterocycles. The molecule has 2 N–H and O–H groups in total. The van der Waals surface area contributed by atoms with Crippen LogP contribution in [0.4, 0.5) is 0 Å². The second kappa shape index (κ2) is 5.95. The zero-order valence-electron chi connectivity index (χ0n) is 8.19. The van der Waals surface area contributed by atoms with Crippen molar-refractivity contribution >= 4 is 5.91 Å². The summed E-state index contributed by atoms with van der Waals surface area (Å²) in [6.07, 6.45) is 1.28. The van der Waals surface area contributed by atoms with E-state index < -0.39 is 0 Å². The summed E-state index contributed by atoms with van der Waals surface area (Å²) in [6, 6.07) is 0. The number of carbonyl (C=O) groups is 1. The number of carbonyl (C=O) groups excluding carboxylic acids is 1. The Morgan fingerprint density at radius 2 is 2.00 bits per heavy atom. The van der Waals surface area contributed by atoms with Crippen LogP contribution in [0, 0.1) is 0 Å². The van der Waals surface area contributed by atoms with Crippen LogP contribution in [0.25, 0.3) is 0 Å². The summed E-state index contributed by atoms with van der Waals surface area (Å²) in [5.74, 6) is -0.120. The maximum absolute atomic E-state index is 11.7. The Morgan fingerprint density at radius 1 is 1.36 bits per heavy atom. The van der Waals surface area contributed by atoms with Crippen LogP contribution < -0.4 is 0 Å². The predicted molar refractivity (Wildman–Crippen MR) is 49.7 cm³/mol. The van der Waals surface area contributed by atoms with Gasteiger partial charge in [-0.25, -0.2) is 0 Å². The Morgan fingerprint density at radius 3 is 2.43 bits per heavy atom. The van der Waals surface area contributed by atoms with Crippen LogP contribution in [0.15, 0.2) is 0 Å². The summed E-state index contributed by atoms with van der Waals surface area (Å²) in [5.41, 5.74) is 0. The maximum atomic E-state index is 11.7. The molecule has 0 radical (unpaired) electrons. The van der Waals surface area contributed by atoms with E-state index in [0.29, 0.717) is 6.61 Å². The highest BCUT2D eigenvalue weighted by Gasteiger charge is 2.27. The van der Waals surface area contributed by atoms with Crippen LogP contribution in [0.5, 0.6) is 0 Å². The maximum Gasteiger partial charge on any atom is 0.251 e. The lowest BCUT2D eigenvalue weighted by Crippen LogP contribution is -2.42. The van der Waals surface area contributed by atoms with Crippen molar-refractivity contribution in [3.63, 3.8) is 0 Å². The summed E-state index contributed by atoms with van der Waals surface area (Å²) >= 11 is 0. The zero-order valence-corrected chi connectivity index (χ0v) is 8.19. The lowest BCUT2D eigenvalue weighted by atomic mass is 10.2. The first kappa shape index (κ1) is 11.4. The fraction of sp³-hybridized carbons (Fsp3) is 0.889. The van der Waals surface area contributed by atoms with Crippen molar-refractivity contribution in [1.82, 2.24) is 4.90 Å². The summed E-state index contributed by atoms with van der Waals surface area (Å²) in [5, 5.41) is 17.5. The van der Waals surface area contributed by atoms with Crippen molar-refractivity contribution in [3.8, 4) is 0 Å². The van der Waals surface area contributed by atoms with E-state index in [1.165, 1.54) is 4.90 Å². The molecule has 1 aliphatic rings. The molecule has 14 heavy (non-hydrogen) atoms. The number of hydrogen-bond acceptors (Lipinski definition) is 4. The number of aliphatic hydroxyl groups is 2. The minimum absolute atomic E-state index is 0.0849. The van der Waals surface area contributed by atoms with Gasteiger partial charge in [-0.15, -0.1) is 0 Å². The van der Waals surface area contributed by atoms with Gasteiger partial charge in [-0.1, -0.05) is 0 Å². The molecule has 1 fully saturated rings. The van der Waals surface area contributed by atoms with E-state index in [4.69, 9.17) is 14.9 Å². The Kier molecular flexibility index (Phi) is 4.86. The zero-order chi connectivity index (χ0) is 10.4. The second-order valence-electron chi connectivity index (χ2n) is 3.27. The molecule has 0 spiro atoms. The molecule has 1 atom stereocenters. The molecule has 0 aromatic carbocycles. The smallest absolute Gasteiger partial charge is 0.251 e. The van der Waals surface area contributed by atoms with Gasteiger partial charge in [0.1, 0.15) is 6.10 Å². The van der Waals surface area contributed by atoms with Gasteiger partial charge in [0.25, 0.3) is 5.91 Å². The van der Waals surface area contributed by atoms with E-state index in [-0.39, 0.29) is 38.3 Å². The largest absolute Gasteiger partial charge is 0.395 e. The number of amides is 1. The van der Waals surface area contributed by atoms with Crippen LogP contribution in [-0.2, 0) is 9.53 Å². The third-order valence-corrected chi connectivity index (χ3v) is 2.26. The highest BCUT2D eigenvalue weighted by molar-refractivity contribution is 5.81. The van der Waals surface area contributed by atoms with Crippen molar-refractivity contribution in [1.29, 1.82) is 0 Å². The van der Waals surface area contributed by atoms with Gasteiger partial charge in [0.15, 0.2) is 0 Å². The molecule has 0 bridgehead atoms. The average molecular weight is 203 g/mol. The van der Waals surface area contributed by atoms with E-state index in [2.05, 4.69) is 0 Å². The number of rotatable bonds is 5. The molecule has 5 nitrogen and oxygen atoms in total. The van der Waals surface area contributed by atoms with Gasteiger partial charge in [0, 0.05) is 19.7 Å². The number of nitrogens with zero attached hydrogens (tertiary/aromatic N) is 1. The first-order valence-electron chi connectivity index (χ1n) is 4.91. The molecule has 1 saturated heterocycles. The third-order valence-electron chi connectivity index (χ3n) is 2.26. The fourth-order valence-corrected chi connectivity index (χ4v) is 1.55. The van der Waals surface area contributed by atoms with E-state index in [1.807, 2.05) is 0 Å². The Hall–Kier alpha value is -0.650. The van der Waals surface area contributed by atoms with Crippen molar-refractivity contribution in [3.05, 3.63) is 0 Å². The second-order valence-corrected chi connectivity index (χ2v) is 3.27. The van der Waals surface area contributed by atoms with Crippen molar-refractivity contribution < 1.29 is 19.7 Å². The predicted octanol–water partition coefficient (Wildman–Crippen LogP) is -1.02. The molecule has 0 aromatic rings. The van der Waals surface area contributed by atoms with E-state index in [0.717, 1.165) is 12.8 Å². The van der Waals surface area contributed by atoms with Gasteiger partial charge >= 0.3 is 0 Å². The first-order valence-corrected chi connectivity index (χ1v) is 4.91. The monoisotopic (exact) mass is 203 g/mol. The number of aliphatic hydroxyl groups excluding tert-OH is 2. The number of ether oxygens (including phenoxy) is 1. The summed E-state index contributed by atoms with van der Waals surface area (Å²) < 4.78 is 5.23. The van der Waals surface area contributed by atoms with E-state index in [9.17, 15) is 4.79 Å². The topological polar surface area (TPSA) is 70.0 Å². The van der Waals surface area contributed by atoms with Gasteiger partial charge in [-0.3, -0.25) is 4.79 Å². The van der Waals surface area contributed by atoms with Crippen molar-refractivity contribution in [2.24, 2.45) is 0 Å². The molecule has 0 saturated carbocycles. The van der Waals surface area contributed by atoms with Crippen LogP contribution >= 0.6 is 0 Å². The van der Waals surface area contributed by atoms with Crippen molar-refractivity contribution in [2.45, 2.75) is 18.9 Å². The molecule has 0 aromatic heterocycles. The first-order chi connectivity index (χ1) is 6.79. The number of hydrogen-bond donors (Lipinski definition) is 2. The average Bonchev–Trinajstić information content (AvgIpc) is 2.69. The highest BCUT2D eigenvalue weighted by atomic mass is 16.5. The van der Waals surface area contributed by atoms with Crippen molar-refractivity contribution in [2.75, 3.05) is 32.9 Å². The van der Waals surface area contributed by atoms with Gasteiger partial charge in [-0.05, 0) is 12.8 Å². The van der Waals surface area contributed by atoms with E-state index >= 15 is 0 Å². The van der Waals surface area contributed by atoms with Gasteiger partial charge in [0.05, 0.1) is 13.2 Å². The summed E-state index contributed by atoms with van der Waals surface area (Å²) in [6.45, 7) is 0.984. The lowest BCUT2D eigenvalue weighted by Gasteiger charge is -2.23. The quantitative estimate of drug-likeness (QED) is 0.600. The Balaban J connectivity index is 2.43. The lowest BCUT2D eigenvalue weighted by molar-refractivity contribution is -0.141. The van der Waals surface area contributed by atoms with Crippen LogP contribution in [0.2, 0.25) is 0 Å². The highest BCUT2D eigenvalue weighted by Crippen LogP contribution is 2.14.